The van der Waals surface area contributed by atoms with Crippen molar-refractivity contribution >= 4 is 53.7 Å². The molecule has 2 nitrogen and oxygen atoms in total. The Balaban J connectivity index is 1.60. The van der Waals surface area contributed by atoms with Crippen molar-refractivity contribution < 1.29 is 0 Å². The zero-order chi connectivity index (χ0) is 17.4. The molecule has 0 amide bonds. The van der Waals surface area contributed by atoms with Crippen LogP contribution in [-0.4, -0.2) is 9.97 Å². The Labute approximate surface area is 167 Å². The lowest BCUT2D eigenvalue weighted by Gasteiger charge is -2.14. The monoisotopic (exact) mass is 464 g/mol. The molecule has 6 rings (SSSR count). The summed E-state index contributed by atoms with van der Waals surface area (Å²) in [6.07, 6.45) is 0. The standard InChI is InChI=1S/C22H14Br2N2/c23-19-13-9-11-5-1-3-7-15(11)25-21(13)18-17(19)22-14(20(18)24)10-12-6-2-4-8-16(12)26-22/h1-10,17-20H/t17-,18-,19-,20-/m0/s1. The SMILES string of the molecule is Br[C@H]1c2cc3ccccc3nc2[C@H]2[C@@H]1c1nc3ccccc3cc1[C@@H]2Br. The molecule has 0 N–H and O–H groups in total. The normalized spacial score (nSPS) is 26.1. The van der Waals surface area contributed by atoms with Crippen molar-refractivity contribution in [1.82, 2.24) is 9.97 Å². The van der Waals surface area contributed by atoms with Crippen LogP contribution in [-0.2, 0) is 0 Å². The van der Waals surface area contributed by atoms with Gasteiger partial charge in [-0.25, -0.2) is 0 Å². The fourth-order valence-electron chi connectivity index (χ4n) is 4.64. The van der Waals surface area contributed by atoms with E-state index in [-0.39, 0.29) is 9.65 Å². The van der Waals surface area contributed by atoms with Crippen molar-refractivity contribution in [3.8, 4) is 0 Å². The number of benzene rings is 2. The average molecular weight is 466 g/mol. The molecule has 4 aromatic rings. The molecule has 2 heterocycles. The highest BCUT2D eigenvalue weighted by Crippen LogP contribution is 2.65. The minimum Gasteiger partial charge on any atom is -0.252 e. The molecule has 0 saturated carbocycles. The molecule has 2 aliphatic carbocycles. The van der Waals surface area contributed by atoms with Crippen LogP contribution >= 0.6 is 31.9 Å². The summed E-state index contributed by atoms with van der Waals surface area (Å²) < 4.78 is 0. The number of rotatable bonds is 0. The summed E-state index contributed by atoms with van der Waals surface area (Å²) in [5.41, 5.74) is 7.17. The van der Waals surface area contributed by atoms with E-state index >= 15 is 0 Å². The van der Waals surface area contributed by atoms with Gasteiger partial charge in [0.05, 0.1) is 32.1 Å². The molecule has 2 aromatic heterocycles. The van der Waals surface area contributed by atoms with E-state index in [0.717, 1.165) is 11.0 Å². The number of halogens is 2. The number of alkyl halides is 2. The number of fused-ring (bicyclic) bond motifs is 7. The number of aromatic nitrogens is 2. The van der Waals surface area contributed by atoms with Crippen molar-refractivity contribution in [3.63, 3.8) is 0 Å². The van der Waals surface area contributed by atoms with Gasteiger partial charge in [-0.1, -0.05) is 68.3 Å². The van der Waals surface area contributed by atoms with Crippen molar-refractivity contribution in [1.29, 1.82) is 0 Å². The molecule has 26 heavy (non-hydrogen) atoms. The van der Waals surface area contributed by atoms with E-state index in [0.29, 0.717) is 11.8 Å². The molecule has 126 valence electrons. The Kier molecular flexibility index (Phi) is 3.16. The summed E-state index contributed by atoms with van der Waals surface area (Å²) in [6.45, 7) is 0. The minimum atomic E-state index is 0.245. The van der Waals surface area contributed by atoms with Crippen molar-refractivity contribution in [2.45, 2.75) is 21.5 Å². The maximum absolute atomic E-state index is 5.06. The quantitative estimate of drug-likeness (QED) is 0.275. The predicted octanol–water partition coefficient (Wildman–Crippen LogP) is 6.55. The summed E-state index contributed by atoms with van der Waals surface area (Å²) in [5.74, 6) is 0.636. The summed E-state index contributed by atoms with van der Waals surface area (Å²) in [7, 11) is 0. The van der Waals surface area contributed by atoms with E-state index in [1.807, 2.05) is 0 Å². The maximum atomic E-state index is 5.06. The zero-order valence-electron chi connectivity index (χ0n) is 13.7. The highest BCUT2D eigenvalue weighted by Gasteiger charge is 2.52. The number of para-hydroxylation sites is 2. The largest absolute Gasteiger partial charge is 0.252 e. The lowest BCUT2D eigenvalue weighted by atomic mass is 9.97. The van der Waals surface area contributed by atoms with Gasteiger partial charge in [-0.05, 0) is 35.4 Å². The fourth-order valence-corrected chi connectivity index (χ4v) is 6.53. The van der Waals surface area contributed by atoms with Crippen LogP contribution in [0.5, 0.6) is 0 Å². The van der Waals surface area contributed by atoms with E-state index in [4.69, 9.17) is 9.97 Å². The molecule has 0 aliphatic heterocycles. The average Bonchev–Trinajstić information content (AvgIpc) is 3.12. The third kappa shape index (κ3) is 1.92. The van der Waals surface area contributed by atoms with Crippen LogP contribution < -0.4 is 0 Å². The van der Waals surface area contributed by atoms with Gasteiger partial charge in [-0.15, -0.1) is 0 Å². The highest BCUT2D eigenvalue weighted by molar-refractivity contribution is 9.09. The molecular weight excluding hydrogens is 452 g/mol. The summed E-state index contributed by atoms with van der Waals surface area (Å²) in [5, 5.41) is 2.40. The van der Waals surface area contributed by atoms with Crippen LogP contribution in [0, 0.1) is 0 Å². The molecule has 0 radical (unpaired) electrons. The Morgan fingerprint density at radius 2 is 1.04 bits per heavy atom. The Bertz CT molecular complexity index is 1110. The minimum absolute atomic E-state index is 0.245. The molecule has 4 heteroatoms. The molecule has 4 atom stereocenters. The lowest BCUT2D eigenvalue weighted by molar-refractivity contribution is 0.609. The van der Waals surface area contributed by atoms with Gasteiger partial charge in [0, 0.05) is 22.6 Å². The van der Waals surface area contributed by atoms with Gasteiger partial charge in [-0.3, -0.25) is 9.97 Å². The van der Waals surface area contributed by atoms with Gasteiger partial charge in [-0.2, -0.15) is 0 Å². The maximum Gasteiger partial charge on any atom is 0.0705 e. The molecule has 0 bridgehead atoms. The summed E-state index contributed by atoms with van der Waals surface area (Å²) in [6, 6.07) is 21.4. The van der Waals surface area contributed by atoms with E-state index in [9.17, 15) is 0 Å². The Morgan fingerprint density at radius 1 is 0.615 bits per heavy atom. The van der Waals surface area contributed by atoms with E-state index in [1.165, 1.54) is 33.3 Å². The molecular formula is C22H14Br2N2. The van der Waals surface area contributed by atoms with Gasteiger partial charge in [0.25, 0.3) is 0 Å². The first-order valence-electron chi connectivity index (χ1n) is 8.79. The van der Waals surface area contributed by atoms with Crippen LogP contribution in [0.25, 0.3) is 21.8 Å². The van der Waals surface area contributed by atoms with Crippen molar-refractivity contribution in [3.05, 3.63) is 83.2 Å². The van der Waals surface area contributed by atoms with Crippen LogP contribution in [0.15, 0.2) is 60.7 Å². The third-order valence-corrected chi connectivity index (χ3v) is 7.94. The fraction of sp³-hybridized carbons (Fsp3) is 0.182. The van der Waals surface area contributed by atoms with E-state index in [2.05, 4.69) is 92.5 Å². The van der Waals surface area contributed by atoms with Gasteiger partial charge in [0.1, 0.15) is 0 Å². The highest BCUT2D eigenvalue weighted by atomic mass is 79.9. The first-order chi connectivity index (χ1) is 12.7. The second kappa shape index (κ2) is 5.37. The zero-order valence-corrected chi connectivity index (χ0v) is 16.9. The topological polar surface area (TPSA) is 25.8 Å². The van der Waals surface area contributed by atoms with Crippen molar-refractivity contribution in [2.24, 2.45) is 0 Å². The van der Waals surface area contributed by atoms with Crippen molar-refractivity contribution in [2.75, 3.05) is 0 Å². The number of pyridine rings is 2. The van der Waals surface area contributed by atoms with Crippen LogP contribution in [0.1, 0.15) is 44.0 Å². The second-order valence-corrected chi connectivity index (χ2v) is 9.14. The van der Waals surface area contributed by atoms with E-state index in [1.54, 1.807) is 0 Å². The Morgan fingerprint density at radius 3 is 1.50 bits per heavy atom. The molecule has 2 aliphatic rings. The molecule has 0 unspecified atom stereocenters. The van der Waals surface area contributed by atoms with Crippen LogP contribution in [0.3, 0.4) is 0 Å². The molecule has 0 saturated heterocycles. The molecule has 0 fully saturated rings. The van der Waals surface area contributed by atoms with Gasteiger partial charge >= 0.3 is 0 Å². The number of hydrogen-bond acceptors (Lipinski definition) is 2. The van der Waals surface area contributed by atoms with Crippen LogP contribution in [0.2, 0.25) is 0 Å². The summed E-state index contributed by atoms with van der Waals surface area (Å²) in [4.78, 5) is 10.6. The lowest BCUT2D eigenvalue weighted by Crippen LogP contribution is -2.04. The summed E-state index contributed by atoms with van der Waals surface area (Å²) >= 11 is 7.98. The number of nitrogens with zero attached hydrogens (tertiary/aromatic N) is 2. The Hall–Kier alpha value is -1.78. The molecule has 2 aromatic carbocycles. The van der Waals surface area contributed by atoms with Gasteiger partial charge in [0.2, 0.25) is 0 Å². The first-order valence-corrected chi connectivity index (χ1v) is 10.6. The first kappa shape index (κ1) is 15.3. The third-order valence-electron chi connectivity index (χ3n) is 5.81. The smallest absolute Gasteiger partial charge is 0.0705 e. The van der Waals surface area contributed by atoms with Gasteiger partial charge in [0.15, 0.2) is 0 Å². The second-order valence-electron chi connectivity index (χ2n) is 7.17. The number of hydrogen-bond donors (Lipinski definition) is 0. The predicted molar refractivity (Wildman–Crippen MR) is 112 cm³/mol. The van der Waals surface area contributed by atoms with Crippen LogP contribution in [0.4, 0.5) is 0 Å². The van der Waals surface area contributed by atoms with E-state index < -0.39 is 0 Å². The van der Waals surface area contributed by atoms with Gasteiger partial charge < -0.3 is 0 Å². The molecule has 0 spiro atoms.